The van der Waals surface area contributed by atoms with Gasteiger partial charge in [-0.2, -0.15) is 0 Å². The van der Waals surface area contributed by atoms with Gasteiger partial charge >= 0.3 is 0 Å². The first-order valence-corrected chi connectivity index (χ1v) is 5.89. The predicted molar refractivity (Wildman–Crippen MR) is 68.7 cm³/mol. The molecule has 1 rings (SSSR count). The van der Waals surface area contributed by atoms with E-state index in [9.17, 15) is 0 Å². The number of anilines is 2. The molecule has 0 unspecified atom stereocenters. The first-order valence-electron chi connectivity index (χ1n) is 5.89. The van der Waals surface area contributed by atoms with Crippen molar-refractivity contribution in [2.45, 2.75) is 39.5 Å². The zero-order valence-corrected chi connectivity index (χ0v) is 10.7. The Morgan fingerprint density at radius 2 is 2.06 bits per heavy atom. The number of hydrogen-bond donors (Lipinski definition) is 1. The highest BCUT2D eigenvalue weighted by atomic mass is 15.2. The zero-order valence-electron chi connectivity index (χ0n) is 10.7. The lowest BCUT2D eigenvalue weighted by molar-refractivity contribution is 0.745. The van der Waals surface area contributed by atoms with Gasteiger partial charge in [-0.1, -0.05) is 27.2 Å². The lowest BCUT2D eigenvalue weighted by atomic mass is 10.0. The van der Waals surface area contributed by atoms with Crippen molar-refractivity contribution >= 4 is 11.6 Å². The Morgan fingerprint density at radius 1 is 1.38 bits per heavy atom. The minimum absolute atomic E-state index is 0.347. The van der Waals surface area contributed by atoms with Crippen LogP contribution in [-0.2, 0) is 0 Å². The zero-order chi connectivity index (χ0) is 12.1. The van der Waals surface area contributed by atoms with Gasteiger partial charge in [0.25, 0.3) is 0 Å². The molecule has 0 bridgehead atoms. The van der Waals surface area contributed by atoms with E-state index in [0.29, 0.717) is 11.7 Å². The molecule has 0 spiro atoms. The first-order chi connectivity index (χ1) is 7.57. The number of nitrogens with zero attached hydrogens (tertiary/aromatic N) is 3. The minimum Gasteiger partial charge on any atom is -0.383 e. The second-order valence-electron chi connectivity index (χ2n) is 4.43. The molecule has 4 heteroatoms. The Morgan fingerprint density at radius 3 is 2.62 bits per heavy atom. The van der Waals surface area contributed by atoms with Gasteiger partial charge < -0.3 is 10.6 Å². The van der Waals surface area contributed by atoms with Gasteiger partial charge in [0.05, 0.1) is 0 Å². The molecular weight excluding hydrogens is 200 g/mol. The van der Waals surface area contributed by atoms with Crippen LogP contribution in [0.5, 0.6) is 0 Å². The third kappa shape index (κ3) is 2.84. The van der Waals surface area contributed by atoms with Gasteiger partial charge in [0.1, 0.15) is 18.0 Å². The van der Waals surface area contributed by atoms with Crippen LogP contribution >= 0.6 is 0 Å². The molecular formula is C12H22N4. The first kappa shape index (κ1) is 12.7. The average Bonchev–Trinajstić information content (AvgIpc) is 2.24. The van der Waals surface area contributed by atoms with Crippen LogP contribution in [0.1, 0.15) is 45.1 Å². The highest BCUT2D eigenvalue weighted by Crippen LogP contribution is 2.28. The highest BCUT2D eigenvalue weighted by molar-refractivity contribution is 5.57. The standard InChI is InChI=1S/C12H22N4/c1-5-6-7-16(4)12-10(9(2)3)11(13)14-8-15-12/h8-9H,5-7H2,1-4H3,(H2,13,14,15). The Bertz CT molecular complexity index is 336. The summed E-state index contributed by atoms with van der Waals surface area (Å²) < 4.78 is 0. The topological polar surface area (TPSA) is 55.0 Å². The lowest BCUT2D eigenvalue weighted by Gasteiger charge is -2.22. The summed E-state index contributed by atoms with van der Waals surface area (Å²) in [5.41, 5.74) is 6.97. The third-order valence-corrected chi connectivity index (χ3v) is 2.68. The van der Waals surface area contributed by atoms with Crippen LogP contribution in [0.2, 0.25) is 0 Å². The Kier molecular flexibility index (Phi) is 4.52. The molecule has 0 saturated carbocycles. The molecule has 0 radical (unpaired) electrons. The minimum atomic E-state index is 0.347. The van der Waals surface area contributed by atoms with Gasteiger partial charge in [-0.25, -0.2) is 9.97 Å². The van der Waals surface area contributed by atoms with Crippen LogP contribution in [0.4, 0.5) is 11.6 Å². The molecule has 0 aliphatic heterocycles. The van der Waals surface area contributed by atoms with Crippen LogP contribution < -0.4 is 10.6 Å². The summed E-state index contributed by atoms with van der Waals surface area (Å²) >= 11 is 0. The van der Waals surface area contributed by atoms with E-state index >= 15 is 0 Å². The number of hydrogen-bond acceptors (Lipinski definition) is 4. The molecule has 1 heterocycles. The van der Waals surface area contributed by atoms with Gasteiger partial charge in [-0.05, 0) is 12.3 Å². The summed E-state index contributed by atoms with van der Waals surface area (Å²) in [6, 6.07) is 0. The van der Waals surface area contributed by atoms with E-state index in [0.717, 1.165) is 24.3 Å². The fourth-order valence-corrected chi connectivity index (χ4v) is 1.76. The Hall–Kier alpha value is -1.32. The van der Waals surface area contributed by atoms with Crippen molar-refractivity contribution in [2.75, 3.05) is 24.2 Å². The number of nitrogens with two attached hydrogens (primary N) is 1. The summed E-state index contributed by atoms with van der Waals surface area (Å²) in [6.07, 6.45) is 3.89. The summed E-state index contributed by atoms with van der Waals surface area (Å²) in [7, 11) is 2.06. The van der Waals surface area contributed by atoms with Crippen LogP contribution in [-0.4, -0.2) is 23.6 Å². The van der Waals surface area contributed by atoms with Crippen molar-refractivity contribution in [3.05, 3.63) is 11.9 Å². The summed E-state index contributed by atoms with van der Waals surface area (Å²) in [6.45, 7) is 7.43. The molecule has 0 amide bonds. The molecule has 0 aliphatic rings. The van der Waals surface area contributed by atoms with Crippen molar-refractivity contribution in [2.24, 2.45) is 0 Å². The molecule has 90 valence electrons. The predicted octanol–water partition coefficient (Wildman–Crippen LogP) is 2.42. The van der Waals surface area contributed by atoms with E-state index in [1.165, 1.54) is 6.42 Å². The van der Waals surface area contributed by atoms with E-state index in [1.54, 1.807) is 6.33 Å². The fourth-order valence-electron chi connectivity index (χ4n) is 1.76. The SMILES string of the molecule is CCCCN(C)c1ncnc(N)c1C(C)C. The van der Waals surface area contributed by atoms with E-state index in [2.05, 4.69) is 42.7 Å². The maximum Gasteiger partial charge on any atom is 0.137 e. The monoisotopic (exact) mass is 222 g/mol. The van der Waals surface area contributed by atoms with Gasteiger partial charge in [-0.3, -0.25) is 0 Å². The van der Waals surface area contributed by atoms with Gasteiger partial charge in [0.15, 0.2) is 0 Å². The maximum atomic E-state index is 5.91. The van der Waals surface area contributed by atoms with Gasteiger partial charge in [-0.15, -0.1) is 0 Å². The number of aromatic nitrogens is 2. The normalized spacial score (nSPS) is 10.8. The van der Waals surface area contributed by atoms with Gasteiger partial charge in [0, 0.05) is 19.2 Å². The molecule has 0 saturated heterocycles. The molecule has 16 heavy (non-hydrogen) atoms. The highest BCUT2D eigenvalue weighted by Gasteiger charge is 2.15. The van der Waals surface area contributed by atoms with Crippen molar-refractivity contribution in [1.29, 1.82) is 0 Å². The van der Waals surface area contributed by atoms with E-state index in [1.807, 2.05) is 0 Å². The van der Waals surface area contributed by atoms with Crippen LogP contribution in [0.15, 0.2) is 6.33 Å². The van der Waals surface area contributed by atoms with Gasteiger partial charge in [0.2, 0.25) is 0 Å². The largest absolute Gasteiger partial charge is 0.383 e. The van der Waals surface area contributed by atoms with Crippen LogP contribution in [0, 0.1) is 0 Å². The van der Waals surface area contributed by atoms with Crippen molar-refractivity contribution < 1.29 is 0 Å². The third-order valence-electron chi connectivity index (χ3n) is 2.68. The molecule has 4 nitrogen and oxygen atoms in total. The quantitative estimate of drug-likeness (QED) is 0.831. The number of rotatable bonds is 5. The Balaban J connectivity index is 2.98. The molecule has 0 aliphatic carbocycles. The fraction of sp³-hybridized carbons (Fsp3) is 0.667. The van der Waals surface area contributed by atoms with E-state index < -0.39 is 0 Å². The van der Waals surface area contributed by atoms with Crippen molar-refractivity contribution in [3.63, 3.8) is 0 Å². The van der Waals surface area contributed by atoms with E-state index in [4.69, 9.17) is 5.73 Å². The van der Waals surface area contributed by atoms with Crippen LogP contribution in [0.25, 0.3) is 0 Å². The molecule has 1 aromatic rings. The number of unbranched alkanes of at least 4 members (excludes halogenated alkanes) is 1. The average molecular weight is 222 g/mol. The lowest BCUT2D eigenvalue weighted by Crippen LogP contribution is -2.22. The molecule has 0 atom stereocenters. The number of nitrogen functional groups attached to an aromatic ring is 1. The molecule has 0 fully saturated rings. The second-order valence-corrected chi connectivity index (χ2v) is 4.43. The van der Waals surface area contributed by atoms with E-state index in [-0.39, 0.29) is 0 Å². The van der Waals surface area contributed by atoms with Crippen LogP contribution in [0.3, 0.4) is 0 Å². The molecule has 1 aromatic heterocycles. The summed E-state index contributed by atoms with van der Waals surface area (Å²) in [4.78, 5) is 10.6. The maximum absolute atomic E-state index is 5.91. The summed E-state index contributed by atoms with van der Waals surface area (Å²) in [5, 5.41) is 0. The molecule has 0 aromatic carbocycles. The summed E-state index contributed by atoms with van der Waals surface area (Å²) in [5.74, 6) is 1.92. The molecule has 2 N–H and O–H groups in total. The van der Waals surface area contributed by atoms with Crippen molar-refractivity contribution in [3.8, 4) is 0 Å². The van der Waals surface area contributed by atoms with Crippen molar-refractivity contribution in [1.82, 2.24) is 9.97 Å². The second kappa shape index (κ2) is 5.68. The smallest absolute Gasteiger partial charge is 0.137 e. The Labute approximate surface area is 97.9 Å².